The molecule has 100 valence electrons. The van der Waals surface area contributed by atoms with Crippen LogP contribution in [0.25, 0.3) is 0 Å². The van der Waals surface area contributed by atoms with E-state index in [4.69, 9.17) is 0 Å². The topological polar surface area (TPSA) is 32.3 Å². The van der Waals surface area contributed by atoms with Crippen molar-refractivity contribution in [3.63, 3.8) is 0 Å². The summed E-state index contributed by atoms with van der Waals surface area (Å²) in [6.45, 7) is 3.01. The summed E-state index contributed by atoms with van der Waals surface area (Å²) in [6, 6.07) is 8.91. The van der Waals surface area contributed by atoms with Gasteiger partial charge in [-0.25, -0.2) is 0 Å². The van der Waals surface area contributed by atoms with E-state index < -0.39 is 0 Å². The van der Waals surface area contributed by atoms with E-state index in [1.54, 1.807) is 0 Å². The normalized spacial score (nSPS) is 32.4. The molecule has 2 fully saturated rings. The van der Waals surface area contributed by atoms with E-state index in [-0.39, 0.29) is 5.92 Å². The highest BCUT2D eigenvalue weighted by molar-refractivity contribution is 5.87. The number of benzene rings is 1. The summed E-state index contributed by atoms with van der Waals surface area (Å²) in [5.74, 6) is 1.18. The lowest BCUT2D eigenvalue weighted by atomic mass is 9.77. The molecule has 0 bridgehead atoms. The maximum absolute atomic E-state index is 12.6. The molecule has 2 aliphatic heterocycles. The number of nitrogens with zero attached hydrogens (tertiary/aromatic N) is 1. The Morgan fingerprint density at radius 2 is 2.16 bits per heavy atom. The van der Waals surface area contributed by atoms with Gasteiger partial charge in [0.25, 0.3) is 0 Å². The molecule has 4 rings (SSSR count). The Labute approximate surface area is 114 Å². The maximum Gasteiger partial charge on any atom is 0.230 e. The van der Waals surface area contributed by atoms with Gasteiger partial charge in [-0.1, -0.05) is 24.3 Å². The molecular weight excluding hydrogens is 236 g/mol. The smallest absolute Gasteiger partial charge is 0.230 e. The van der Waals surface area contributed by atoms with Gasteiger partial charge in [0.2, 0.25) is 5.91 Å². The minimum absolute atomic E-state index is 0.136. The standard InChI is InChI=1S/C16H20N2O/c19-16(14-8-11-4-1-2-6-13(11)14)18-9-12-5-3-7-17-15(12)10-18/h1-2,4,6,12,14-15,17H,3,5,7-10H2/t12-,14?,15+/m0/s1. The zero-order valence-corrected chi connectivity index (χ0v) is 11.1. The number of nitrogens with one attached hydrogen (secondary N) is 1. The molecule has 1 aromatic rings. The number of carbonyl (C=O) groups excluding carboxylic acids is 1. The molecule has 1 aliphatic carbocycles. The molecule has 1 N–H and O–H groups in total. The fourth-order valence-electron chi connectivity index (χ4n) is 3.93. The number of rotatable bonds is 1. The lowest BCUT2D eigenvalue weighted by molar-refractivity contribution is -0.132. The second-order valence-electron chi connectivity index (χ2n) is 6.16. The Morgan fingerprint density at radius 1 is 1.26 bits per heavy atom. The van der Waals surface area contributed by atoms with Crippen molar-refractivity contribution in [2.75, 3.05) is 19.6 Å². The highest BCUT2D eigenvalue weighted by Crippen LogP contribution is 2.37. The van der Waals surface area contributed by atoms with Gasteiger partial charge in [-0.3, -0.25) is 4.79 Å². The lowest BCUT2D eigenvalue weighted by Gasteiger charge is -2.32. The Bertz CT molecular complexity index is 499. The minimum atomic E-state index is 0.136. The first-order valence-corrected chi connectivity index (χ1v) is 7.43. The summed E-state index contributed by atoms with van der Waals surface area (Å²) >= 11 is 0. The molecule has 19 heavy (non-hydrogen) atoms. The van der Waals surface area contributed by atoms with Crippen LogP contribution in [0.15, 0.2) is 24.3 Å². The first kappa shape index (κ1) is 11.5. The van der Waals surface area contributed by atoms with Crippen molar-refractivity contribution in [1.29, 1.82) is 0 Å². The van der Waals surface area contributed by atoms with E-state index >= 15 is 0 Å². The summed E-state index contributed by atoms with van der Waals surface area (Å²) in [7, 11) is 0. The molecule has 1 amide bonds. The number of hydrogen-bond acceptors (Lipinski definition) is 2. The number of piperidine rings is 1. The van der Waals surface area contributed by atoms with Gasteiger partial charge in [0.15, 0.2) is 0 Å². The largest absolute Gasteiger partial charge is 0.340 e. The maximum atomic E-state index is 12.6. The van der Waals surface area contributed by atoms with Crippen molar-refractivity contribution < 1.29 is 4.79 Å². The van der Waals surface area contributed by atoms with Crippen LogP contribution >= 0.6 is 0 Å². The fraction of sp³-hybridized carbons (Fsp3) is 0.562. The van der Waals surface area contributed by atoms with E-state index in [9.17, 15) is 4.79 Å². The van der Waals surface area contributed by atoms with Crippen LogP contribution in [0.4, 0.5) is 0 Å². The Morgan fingerprint density at radius 3 is 3.00 bits per heavy atom. The van der Waals surface area contributed by atoms with Crippen LogP contribution in [0.3, 0.4) is 0 Å². The van der Waals surface area contributed by atoms with Crippen molar-refractivity contribution in [1.82, 2.24) is 10.2 Å². The first-order chi connectivity index (χ1) is 9.33. The van der Waals surface area contributed by atoms with Gasteiger partial charge in [0.05, 0.1) is 5.92 Å². The Kier molecular flexibility index (Phi) is 2.62. The molecule has 0 spiro atoms. The van der Waals surface area contributed by atoms with Crippen LogP contribution in [0.2, 0.25) is 0 Å². The third-order valence-electron chi connectivity index (χ3n) is 5.06. The molecule has 0 radical (unpaired) electrons. The van der Waals surface area contributed by atoms with Crippen LogP contribution in [0, 0.1) is 5.92 Å². The van der Waals surface area contributed by atoms with Crippen molar-refractivity contribution in [2.45, 2.75) is 31.2 Å². The first-order valence-electron chi connectivity index (χ1n) is 7.43. The van der Waals surface area contributed by atoms with Gasteiger partial charge in [-0.2, -0.15) is 0 Å². The molecular formula is C16H20N2O. The molecule has 3 nitrogen and oxygen atoms in total. The Hall–Kier alpha value is -1.35. The van der Waals surface area contributed by atoms with E-state index in [1.165, 1.54) is 24.0 Å². The van der Waals surface area contributed by atoms with E-state index in [1.807, 2.05) is 6.07 Å². The van der Waals surface area contributed by atoms with Gasteiger partial charge < -0.3 is 10.2 Å². The van der Waals surface area contributed by atoms with Crippen LogP contribution in [0.5, 0.6) is 0 Å². The van der Waals surface area contributed by atoms with Crippen molar-refractivity contribution in [3.8, 4) is 0 Å². The predicted octanol–water partition coefficient (Wildman–Crippen LogP) is 1.54. The van der Waals surface area contributed by atoms with Crippen LogP contribution in [-0.4, -0.2) is 36.5 Å². The number of fused-ring (bicyclic) bond motifs is 2. The van der Waals surface area contributed by atoms with Crippen LogP contribution in [0.1, 0.15) is 29.9 Å². The quantitative estimate of drug-likeness (QED) is 0.826. The molecule has 0 saturated carbocycles. The number of likely N-dealkylation sites (tertiary alicyclic amines) is 1. The van der Waals surface area contributed by atoms with E-state index in [0.29, 0.717) is 17.9 Å². The van der Waals surface area contributed by atoms with Crippen molar-refractivity contribution >= 4 is 5.91 Å². The number of hydrogen-bond donors (Lipinski definition) is 1. The monoisotopic (exact) mass is 256 g/mol. The van der Waals surface area contributed by atoms with Crippen molar-refractivity contribution in [2.24, 2.45) is 5.92 Å². The fourth-order valence-corrected chi connectivity index (χ4v) is 3.93. The molecule has 1 unspecified atom stereocenters. The number of carbonyl (C=O) groups is 1. The summed E-state index contributed by atoms with van der Waals surface area (Å²) in [5, 5.41) is 3.57. The molecule has 0 aromatic heterocycles. The minimum Gasteiger partial charge on any atom is -0.340 e. The molecule has 3 atom stereocenters. The van der Waals surface area contributed by atoms with E-state index in [0.717, 1.165) is 26.1 Å². The summed E-state index contributed by atoms with van der Waals surface area (Å²) in [6.07, 6.45) is 3.48. The van der Waals surface area contributed by atoms with Gasteiger partial charge in [-0.05, 0) is 42.9 Å². The summed E-state index contributed by atoms with van der Waals surface area (Å²) in [5.41, 5.74) is 2.62. The average Bonchev–Trinajstić information content (AvgIpc) is 2.84. The molecule has 1 aromatic carbocycles. The molecule has 3 heteroatoms. The van der Waals surface area contributed by atoms with Gasteiger partial charge in [0, 0.05) is 19.1 Å². The van der Waals surface area contributed by atoms with Gasteiger partial charge >= 0.3 is 0 Å². The van der Waals surface area contributed by atoms with E-state index in [2.05, 4.69) is 28.4 Å². The average molecular weight is 256 g/mol. The third-order valence-corrected chi connectivity index (χ3v) is 5.06. The second kappa shape index (κ2) is 4.34. The number of amides is 1. The van der Waals surface area contributed by atoms with Crippen molar-refractivity contribution in [3.05, 3.63) is 35.4 Å². The third kappa shape index (κ3) is 1.79. The zero-order chi connectivity index (χ0) is 12.8. The molecule has 2 saturated heterocycles. The highest BCUT2D eigenvalue weighted by Gasteiger charge is 2.41. The molecule has 3 aliphatic rings. The summed E-state index contributed by atoms with van der Waals surface area (Å²) < 4.78 is 0. The summed E-state index contributed by atoms with van der Waals surface area (Å²) in [4.78, 5) is 14.7. The van der Waals surface area contributed by atoms with Crippen LogP contribution < -0.4 is 5.32 Å². The SMILES string of the molecule is O=C(C1Cc2ccccc21)N1C[C@@H]2CCCN[C@@H]2C1. The van der Waals surface area contributed by atoms with Crippen LogP contribution in [-0.2, 0) is 11.2 Å². The molecule has 2 heterocycles. The zero-order valence-electron chi connectivity index (χ0n) is 11.1. The van der Waals surface area contributed by atoms with Gasteiger partial charge in [0.1, 0.15) is 0 Å². The van der Waals surface area contributed by atoms with Gasteiger partial charge in [-0.15, -0.1) is 0 Å². The lowest BCUT2D eigenvalue weighted by Crippen LogP contribution is -2.42. The Balaban J connectivity index is 1.48. The predicted molar refractivity (Wildman–Crippen MR) is 74.0 cm³/mol. The second-order valence-corrected chi connectivity index (χ2v) is 6.16. The highest BCUT2D eigenvalue weighted by atomic mass is 16.2.